The zero-order valence-electron chi connectivity index (χ0n) is 20.4. The molecule has 0 saturated carbocycles. The Hall–Kier alpha value is -4.31. The van der Waals surface area contributed by atoms with Gasteiger partial charge in [0.2, 0.25) is 5.75 Å². The van der Waals surface area contributed by atoms with Gasteiger partial charge in [0.05, 0.1) is 51.5 Å². The highest BCUT2D eigenvalue weighted by atomic mass is 32.1. The predicted octanol–water partition coefficient (Wildman–Crippen LogP) is 5.25. The Labute approximate surface area is 211 Å². The maximum absolute atomic E-state index is 5.77. The molecule has 0 aliphatic rings. The molecular formula is C26H24N4O5S. The van der Waals surface area contributed by atoms with Gasteiger partial charge in [-0.1, -0.05) is 0 Å². The SMILES string of the molecule is COc1ccc2nc(-c3ccc(-n4cnnc4-c4cc(OC)c(OC)c(OC)c4)c(OC)c3)sc2c1. The van der Waals surface area contributed by atoms with Crippen molar-refractivity contribution >= 4 is 21.6 Å². The fraction of sp³-hybridized carbons (Fsp3) is 0.192. The first-order chi connectivity index (χ1) is 17.6. The highest BCUT2D eigenvalue weighted by molar-refractivity contribution is 7.21. The molecule has 184 valence electrons. The van der Waals surface area contributed by atoms with E-state index in [1.54, 1.807) is 53.2 Å². The van der Waals surface area contributed by atoms with E-state index < -0.39 is 0 Å². The molecule has 0 atom stereocenters. The van der Waals surface area contributed by atoms with Gasteiger partial charge in [-0.05, 0) is 48.5 Å². The molecule has 0 radical (unpaired) electrons. The Kier molecular flexibility index (Phi) is 6.34. The van der Waals surface area contributed by atoms with Gasteiger partial charge in [-0.2, -0.15) is 0 Å². The van der Waals surface area contributed by atoms with Crippen LogP contribution in [0.4, 0.5) is 0 Å². The lowest BCUT2D eigenvalue weighted by atomic mass is 10.1. The van der Waals surface area contributed by atoms with Gasteiger partial charge in [0.25, 0.3) is 0 Å². The van der Waals surface area contributed by atoms with E-state index in [1.807, 2.05) is 53.1 Å². The molecule has 10 heteroatoms. The van der Waals surface area contributed by atoms with E-state index in [4.69, 9.17) is 28.7 Å². The highest BCUT2D eigenvalue weighted by Gasteiger charge is 2.20. The third-order valence-corrected chi connectivity index (χ3v) is 6.82. The van der Waals surface area contributed by atoms with Crippen molar-refractivity contribution < 1.29 is 23.7 Å². The van der Waals surface area contributed by atoms with Crippen LogP contribution < -0.4 is 23.7 Å². The lowest BCUT2D eigenvalue weighted by Crippen LogP contribution is -2.01. The molecule has 0 unspecified atom stereocenters. The average molecular weight is 505 g/mol. The van der Waals surface area contributed by atoms with Crippen molar-refractivity contribution in [3.63, 3.8) is 0 Å². The van der Waals surface area contributed by atoms with Gasteiger partial charge >= 0.3 is 0 Å². The second-order valence-electron chi connectivity index (χ2n) is 7.68. The zero-order chi connectivity index (χ0) is 25.2. The number of ether oxygens (including phenoxy) is 5. The third kappa shape index (κ3) is 4.05. The molecule has 0 aliphatic heterocycles. The first-order valence-electron chi connectivity index (χ1n) is 10.9. The fourth-order valence-electron chi connectivity index (χ4n) is 3.98. The van der Waals surface area contributed by atoms with Gasteiger partial charge in [-0.25, -0.2) is 4.98 Å². The van der Waals surface area contributed by atoms with Crippen LogP contribution in [0, 0.1) is 0 Å². The van der Waals surface area contributed by atoms with Crippen molar-refractivity contribution in [3.05, 3.63) is 54.9 Å². The first-order valence-corrected chi connectivity index (χ1v) is 11.8. The monoisotopic (exact) mass is 504 g/mol. The Bertz CT molecular complexity index is 1520. The van der Waals surface area contributed by atoms with Gasteiger partial charge < -0.3 is 23.7 Å². The number of nitrogens with zero attached hydrogens (tertiary/aromatic N) is 4. The summed E-state index contributed by atoms with van der Waals surface area (Å²) in [7, 11) is 8.01. The van der Waals surface area contributed by atoms with Crippen molar-refractivity contribution in [3.8, 4) is 56.4 Å². The third-order valence-electron chi connectivity index (χ3n) is 5.75. The standard InChI is InChI=1S/C26H24N4O5S/c1-31-17-7-8-18-23(13-17)36-26(28-18)15-6-9-19(20(10-15)32-2)30-14-27-29-25(30)16-11-21(33-3)24(35-5)22(12-16)34-4/h6-14H,1-5H3. The summed E-state index contributed by atoms with van der Waals surface area (Å²) in [5, 5.41) is 9.39. The predicted molar refractivity (Wildman–Crippen MR) is 138 cm³/mol. The quantitative estimate of drug-likeness (QED) is 0.283. The molecule has 0 saturated heterocycles. The second-order valence-corrected chi connectivity index (χ2v) is 8.71. The molecule has 2 heterocycles. The minimum atomic E-state index is 0.505. The van der Waals surface area contributed by atoms with Gasteiger partial charge in [0.15, 0.2) is 17.3 Å². The second kappa shape index (κ2) is 9.74. The summed E-state index contributed by atoms with van der Waals surface area (Å²) in [6.45, 7) is 0. The summed E-state index contributed by atoms with van der Waals surface area (Å²) in [5.41, 5.74) is 3.38. The smallest absolute Gasteiger partial charge is 0.203 e. The van der Waals surface area contributed by atoms with Crippen molar-refractivity contribution in [2.24, 2.45) is 0 Å². The van der Waals surface area contributed by atoms with Crippen LogP contribution in [0.3, 0.4) is 0 Å². The molecule has 36 heavy (non-hydrogen) atoms. The fourth-order valence-corrected chi connectivity index (χ4v) is 4.97. The van der Waals surface area contributed by atoms with E-state index in [9.17, 15) is 0 Å². The zero-order valence-corrected chi connectivity index (χ0v) is 21.3. The van der Waals surface area contributed by atoms with Crippen LogP contribution in [0.1, 0.15) is 0 Å². The van der Waals surface area contributed by atoms with E-state index in [1.165, 1.54) is 0 Å². The number of methoxy groups -OCH3 is 5. The molecule has 9 nitrogen and oxygen atoms in total. The van der Waals surface area contributed by atoms with Crippen LogP contribution >= 0.6 is 11.3 Å². The number of hydrogen-bond acceptors (Lipinski definition) is 9. The number of benzene rings is 3. The molecule has 0 bridgehead atoms. The van der Waals surface area contributed by atoms with Crippen molar-refractivity contribution in [2.45, 2.75) is 0 Å². The maximum atomic E-state index is 5.77. The molecular weight excluding hydrogens is 480 g/mol. The Balaban J connectivity index is 1.57. The van der Waals surface area contributed by atoms with Gasteiger partial charge in [0.1, 0.15) is 22.8 Å². The lowest BCUT2D eigenvalue weighted by Gasteiger charge is -2.15. The van der Waals surface area contributed by atoms with Gasteiger partial charge in [-0.3, -0.25) is 4.57 Å². The normalized spacial score (nSPS) is 10.9. The molecule has 0 amide bonds. The minimum absolute atomic E-state index is 0.505. The number of fused-ring (bicyclic) bond motifs is 1. The van der Waals surface area contributed by atoms with Crippen molar-refractivity contribution in [1.82, 2.24) is 19.7 Å². The molecule has 0 N–H and O–H groups in total. The van der Waals surface area contributed by atoms with Gasteiger partial charge in [-0.15, -0.1) is 21.5 Å². The summed E-state index contributed by atoms with van der Waals surface area (Å²) in [5.74, 6) is 3.60. The summed E-state index contributed by atoms with van der Waals surface area (Å²) in [6, 6.07) is 15.5. The van der Waals surface area contributed by atoms with E-state index in [-0.39, 0.29) is 0 Å². The molecule has 0 fully saturated rings. The first kappa shape index (κ1) is 23.4. The van der Waals surface area contributed by atoms with Gasteiger partial charge in [0, 0.05) is 11.1 Å². The summed E-state index contributed by atoms with van der Waals surface area (Å²) in [4.78, 5) is 4.78. The van der Waals surface area contributed by atoms with Crippen LogP contribution in [-0.4, -0.2) is 55.3 Å². The molecule has 5 aromatic rings. The van der Waals surface area contributed by atoms with Crippen LogP contribution in [0.25, 0.3) is 37.9 Å². The van der Waals surface area contributed by atoms with Crippen LogP contribution in [0.5, 0.6) is 28.7 Å². The maximum Gasteiger partial charge on any atom is 0.203 e. The van der Waals surface area contributed by atoms with Crippen LogP contribution in [-0.2, 0) is 0 Å². The number of hydrogen-bond donors (Lipinski definition) is 0. The Morgan fingerprint density at radius 1 is 0.722 bits per heavy atom. The van der Waals surface area contributed by atoms with E-state index in [2.05, 4.69) is 10.2 Å². The summed E-state index contributed by atoms with van der Waals surface area (Å²) < 4.78 is 30.5. The molecule has 0 spiro atoms. The molecule has 5 rings (SSSR count). The van der Waals surface area contributed by atoms with Crippen LogP contribution in [0.15, 0.2) is 54.9 Å². The van der Waals surface area contributed by atoms with Crippen molar-refractivity contribution in [2.75, 3.05) is 35.5 Å². The summed E-state index contributed by atoms with van der Waals surface area (Å²) in [6.07, 6.45) is 1.64. The number of aromatic nitrogens is 4. The topological polar surface area (TPSA) is 89.8 Å². The minimum Gasteiger partial charge on any atom is -0.497 e. The van der Waals surface area contributed by atoms with E-state index in [0.29, 0.717) is 28.8 Å². The van der Waals surface area contributed by atoms with E-state index in [0.717, 1.165) is 37.8 Å². The van der Waals surface area contributed by atoms with Crippen LogP contribution in [0.2, 0.25) is 0 Å². The Morgan fingerprint density at radius 3 is 2.11 bits per heavy atom. The van der Waals surface area contributed by atoms with E-state index >= 15 is 0 Å². The Morgan fingerprint density at radius 2 is 1.44 bits per heavy atom. The average Bonchev–Trinajstić information content (AvgIpc) is 3.58. The highest BCUT2D eigenvalue weighted by Crippen LogP contribution is 2.42. The molecule has 0 aliphatic carbocycles. The largest absolute Gasteiger partial charge is 0.497 e. The number of thiazole rings is 1. The lowest BCUT2D eigenvalue weighted by molar-refractivity contribution is 0.324. The molecule has 3 aromatic carbocycles. The van der Waals surface area contributed by atoms with Crippen molar-refractivity contribution in [1.29, 1.82) is 0 Å². The summed E-state index contributed by atoms with van der Waals surface area (Å²) >= 11 is 1.60. The molecule has 2 aromatic heterocycles. The number of rotatable bonds is 8.